The Morgan fingerprint density at radius 2 is 1.96 bits per heavy atom. The van der Waals surface area contributed by atoms with Gasteiger partial charge in [-0.15, -0.1) is 0 Å². The van der Waals surface area contributed by atoms with Gasteiger partial charge in [0.2, 0.25) is 10.7 Å². The number of aryl methyl sites for hydroxylation is 1. The van der Waals surface area contributed by atoms with Crippen molar-refractivity contribution in [3.63, 3.8) is 0 Å². The molecule has 0 atom stereocenters. The van der Waals surface area contributed by atoms with Gasteiger partial charge in [0.05, 0.1) is 15.7 Å². The standard InChI is InChI=1S/C16H15Cl2N5OS/c1-2-13-20-22(16(25)23(13)21-8-3-4-9-21)10-14(24)19-12-7-5-6-11(17)15(12)18/h3-9H,2,10H2,1H3,(H,19,24). The monoisotopic (exact) mass is 395 g/mol. The number of anilines is 1. The van der Waals surface area contributed by atoms with E-state index in [1.165, 1.54) is 4.68 Å². The molecule has 0 spiro atoms. The van der Waals surface area contributed by atoms with Gasteiger partial charge in [-0.1, -0.05) is 36.2 Å². The number of hydrogen-bond acceptors (Lipinski definition) is 3. The van der Waals surface area contributed by atoms with Gasteiger partial charge in [-0.25, -0.2) is 9.36 Å². The summed E-state index contributed by atoms with van der Waals surface area (Å²) in [6.45, 7) is 1.95. The molecule has 1 N–H and O–H groups in total. The minimum absolute atomic E-state index is 0.0249. The van der Waals surface area contributed by atoms with Crippen molar-refractivity contribution in [1.82, 2.24) is 19.1 Å². The van der Waals surface area contributed by atoms with Crippen LogP contribution in [-0.2, 0) is 17.8 Å². The summed E-state index contributed by atoms with van der Waals surface area (Å²) in [6.07, 6.45) is 4.41. The van der Waals surface area contributed by atoms with E-state index in [1.54, 1.807) is 22.9 Å². The molecule has 0 radical (unpaired) electrons. The summed E-state index contributed by atoms with van der Waals surface area (Å²) in [5, 5.41) is 7.85. The lowest BCUT2D eigenvalue weighted by molar-refractivity contribution is -0.116. The zero-order valence-corrected chi connectivity index (χ0v) is 15.6. The zero-order chi connectivity index (χ0) is 18.0. The van der Waals surface area contributed by atoms with Crippen LogP contribution in [0.3, 0.4) is 0 Å². The van der Waals surface area contributed by atoms with Crippen LogP contribution in [0.1, 0.15) is 12.7 Å². The van der Waals surface area contributed by atoms with Gasteiger partial charge in [-0.05, 0) is 36.5 Å². The van der Waals surface area contributed by atoms with E-state index in [4.69, 9.17) is 35.4 Å². The molecule has 3 rings (SSSR count). The second-order valence-electron chi connectivity index (χ2n) is 5.23. The summed E-state index contributed by atoms with van der Waals surface area (Å²) < 4.78 is 5.54. The first-order valence-electron chi connectivity index (χ1n) is 7.57. The third kappa shape index (κ3) is 3.63. The molecule has 130 valence electrons. The van der Waals surface area contributed by atoms with Crippen molar-refractivity contribution in [2.45, 2.75) is 19.9 Å². The number of aromatic nitrogens is 4. The first-order chi connectivity index (χ1) is 12.0. The number of halogens is 2. The van der Waals surface area contributed by atoms with Crippen LogP contribution in [0, 0.1) is 4.77 Å². The number of nitrogens with one attached hydrogen (secondary N) is 1. The van der Waals surface area contributed by atoms with Gasteiger partial charge in [0.1, 0.15) is 6.54 Å². The van der Waals surface area contributed by atoms with Gasteiger partial charge >= 0.3 is 0 Å². The molecule has 0 unspecified atom stereocenters. The highest BCUT2D eigenvalue weighted by molar-refractivity contribution is 7.71. The van der Waals surface area contributed by atoms with Crippen molar-refractivity contribution in [2.24, 2.45) is 0 Å². The molecule has 0 bridgehead atoms. The van der Waals surface area contributed by atoms with Gasteiger partial charge in [0, 0.05) is 18.8 Å². The molecule has 0 aliphatic carbocycles. The van der Waals surface area contributed by atoms with Gasteiger partial charge in [0.15, 0.2) is 5.82 Å². The Balaban J connectivity index is 1.85. The van der Waals surface area contributed by atoms with Gasteiger partial charge in [-0.2, -0.15) is 5.10 Å². The Bertz CT molecular complexity index is 962. The summed E-state index contributed by atoms with van der Waals surface area (Å²) in [7, 11) is 0. The van der Waals surface area contributed by atoms with E-state index >= 15 is 0 Å². The number of rotatable bonds is 5. The molecular formula is C16H15Cl2N5OS. The van der Waals surface area contributed by atoms with Gasteiger partial charge in [0.25, 0.3) is 0 Å². The molecule has 2 heterocycles. The highest BCUT2D eigenvalue weighted by Crippen LogP contribution is 2.29. The van der Waals surface area contributed by atoms with Crippen molar-refractivity contribution in [1.29, 1.82) is 0 Å². The largest absolute Gasteiger partial charge is 0.323 e. The summed E-state index contributed by atoms with van der Waals surface area (Å²) in [6, 6.07) is 8.84. The summed E-state index contributed by atoms with van der Waals surface area (Å²) in [5.74, 6) is 0.467. The van der Waals surface area contributed by atoms with Crippen molar-refractivity contribution < 1.29 is 4.79 Å². The molecule has 0 aliphatic rings. The molecular weight excluding hydrogens is 381 g/mol. The van der Waals surface area contributed by atoms with E-state index in [1.807, 2.05) is 36.1 Å². The molecule has 3 aromatic rings. The normalized spacial score (nSPS) is 10.8. The molecule has 1 aromatic carbocycles. The first kappa shape index (κ1) is 17.7. The molecule has 2 aromatic heterocycles. The maximum atomic E-state index is 12.4. The second-order valence-corrected chi connectivity index (χ2v) is 6.38. The molecule has 6 nitrogen and oxygen atoms in total. The van der Waals surface area contributed by atoms with Crippen molar-refractivity contribution in [3.05, 3.63) is 63.4 Å². The predicted octanol–water partition coefficient (Wildman–Crippen LogP) is 4.03. The molecule has 0 fully saturated rings. The lowest BCUT2D eigenvalue weighted by Gasteiger charge is -2.08. The number of amides is 1. The molecule has 0 saturated heterocycles. The lowest BCUT2D eigenvalue weighted by atomic mass is 10.3. The van der Waals surface area contributed by atoms with Crippen LogP contribution < -0.4 is 5.32 Å². The van der Waals surface area contributed by atoms with Crippen molar-refractivity contribution in [2.75, 3.05) is 5.32 Å². The third-order valence-electron chi connectivity index (χ3n) is 3.54. The van der Waals surface area contributed by atoms with Crippen molar-refractivity contribution in [3.8, 4) is 0 Å². The fraction of sp³-hybridized carbons (Fsp3) is 0.188. The average molecular weight is 396 g/mol. The fourth-order valence-electron chi connectivity index (χ4n) is 2.38. The third-order valence-corrected chi connectivity index (χ3v) is 4.74. The maximum Gasteiger partial charge on any atom is 0.246 e. The predicted molar refractivity (Wildman–Crippen MR) is 101 cm³/mol. The number of carbonyl (C=O) groups excluding carboxylic acids is 1. The SMILES string of the molecule is CCc1nn(CC(=O)Nc2cccc(Cl)c2Cl)c(=S)n1-n1cccc1. The van der Waals surface area contributed by atoms with E-state index in [0.29, 0.717) is 26.9 Å². The average Bonchev–Trinajstić information content (AvgIpc) is 3.20. The molecule has 0 aliphatic heterocycles. The smallest absolute Gasteiger partial charge is 0.246 e. The Morgan fingerprint density at radius 1 is 1.24 bits per heavy atom. The molecule has 0 saturated carbocycles. The molecule has 9 heteroatoms. The van der Waals surface area contributed by atoms with Gasteiger partial charge < -0.3 is 5.32 Å². The van der Waals surface area contributed by atoms with E-state index in [9.17, 15) is 4.79 Å². The minimum Gasteiger partial charge on any atom is -0.323 e. The van der Waals surface area contributed by atoms with Crippen LogP contribution in [0.2, 0.25) is 10.0 Å². The lowest BCUT2D eigenvalue weighted by Crippen LogP contribution is -2.20. The number of carbonyl (C=O) groups is 1. The Morgan fingerprint density at radius 3 is 2.64 bits per heavy atom. The quantitative estimate of drug-likeness (QED) is 0.663. The molecule has 1 amide bonds. The summed E-state index contributed by atoms with van der Waals surface area (Å²) >= 11 is 17.5. The van der Waals surface area contributed by atoms with Gasteiger partial charge in [-0.3, -0.25) is 9.47 Å². The Hall–Kier alpha value is -2.09. The highest BCUT2D eigenvalue weighted by atomic mass is 35.5. The number of nitrogens with zero attached hydrogens (tertiary/aromatic N) is 4. The van der Waals surface area contributed by atoms with Crippen LogP contribution in [0.25, 0.3) is 0 Å². The van der Waals surface area contributed by atoms with E-state index < -0.39 is 0 Å². The number of benzene rings is 1. The topological polar surface area (TPSA) is 56.8 Å². The Kier molecular flexibility index (Phi) is 5.27. The first-order valence-corrected chi connectivity index (χ1v) is 8.74. The summed E-state index contributed by atoms with van der Waals surface area (Å²) in [5.41, 5.74) is 0.450. The fourth-order valence-corrected chi connectivity index (χ4v) is 3.04. The van der Waals surface area contributed by atoms with Crippen molar-refractivity contribution >= 4 is 47.0 Å². The Labute approximate surface area is 159 Å². The van der Waals surface area contributed by atoms with Crippen LogP contribution in [0.4, 0.5) is 5.69 Å². The van der Waals surface area contributed by atoms with Crippen LogP contribution in [0.15, 0.2) is 42.7 Å². The zero-order valence-electron chi connectivity index (χ0n) is 13.3. The van der Waals surface area contributed by atoms with Crippen LogP contribution >= 0.6 is 35.4 Å². The van der Waals surface area contributed by atoms with Crippen LogP contribution in [-0.4, -0.2) is 25.0 Å². The minimum atomic E-state index is -0.292. The van der Waals surface area contributed by atoms with Crippen LogP contribution in [0.5, 0.6) is 0 Å². The van der Waals surface area contributed by atoms with E-state index in [2.05, 4.69) is 10.4 Å². The second kappa shape index (κ2) is 7.43. The molecule has 25 heavy (non-hydrogen) atoms. The number of hydrogen-bond donors (Lipinski definition) is 1. The van der Waals surface area contributed by atoms with E-state index in [0.717, 1.165) is 5.82 Å². The maximum absolute atomic E-state index is 12.4. The van der Waals surface area contributed by atoms with E-state index in [-0.39, 0.29) is 12.5 Å². The highest BCUT2D eigenvalue weighted by Gasteiger charge is 2.14. The summed E-state index contributed by atoms with van der Waals surface area (Å²) in [4.78, 5) is 12.4.